The molecule has 0 radical (unpaired) electrons. The highest BCUT2D eigenvalue weighted by Gasteiger charge is 2.15. The van der Waals surface area contributed by atoms with E-state index in [9.17, 15) is 9.90 Å². The van der Waals surface area contributed by atoms with Gasteiger partial charge in [0.05, 0.1) is 11.3 Å². The van der Waals surface area contributed by atoms with Crippen molar-refractivity contribution in [2.75, 3.05) is 0 Å². The highest BCUT2D eigenvalue weighted by atomic mass is 16.5. The summed E-state index contributed by atoms with van der Waals surface area (Å²) in [7, 11) is 0. The maximum atomic E-state index is 11.7. The summed E-state index contributed by atoms with van der Waals surface area (Å²) < 4.78 is 6.10. The van der Waals surface area contributed by atoms with E-state index in [4.69, 9.17) is 10.5 Å². The number of carboxylic acid groups (broad SMARTS) is 1. The number of aromatic carboxylic acids is 1. The minimum atomic E-state index is -0.986. The number of nitrogens with two attached hydrogens (primary N) is 1. The van der Waals surface area contributed by atoms with Crippen LogP contribution in [0.3, 0.4) is 0 Å². The zero-order chi connectivity index (χ0) is 22.7. The van der Waals surface area contributed by atoms with Crippen LogP contribution in [0.5, 0.6) is 11.6 Å². The molecule has 0 saturated heterocycles. The highest BCUT2D eigenvalue weighted by Crippen LogP contribution is 2.31. The number of ether oxygens (including phenoxy) is 1. The first-order valence-corrected chi connectivity index (χ1v) is 10.3. The third-order valence-electron chi connectivity index (χ3n) is 5.25. The minimum absolute atomic E-state index is 0.215. The van der Waals surface area contributed by atoms with Gasteiger partial charge in [0.15, 0.2) is 0 Å². The molecule has 3 N–H and O–H groups in total. The molecule has 4 rings (SSSR count). The molecular weight excluding hydrogens is 400 g/mol. The van der Waals surface area contributed by atoms with Gasteiger partial charge in [-0.15, -0.1) is 0 Å². The van der Waals surface area contributed by atoms with Gasteiger partial charge in [-0.3, -0.25) is 0 Å². The lowest BCUT2D eigenvalue weighted by Crippen LogP contribution is -2.02. The van der Waals surface area contributed by atoms with Crippen LogP contribution in [0.15, 0.2) is 78.9 Å². The topological polar surface area (TPSA) is 85.4 Å². The lowest BCUT2D eigenvalue weighted by molar-refractivity contribution is 0.0697. The van der Waals surface area contributed by atoms with Crippen LogP contribution in [0.25, 0.3) is 22.4 Å². The molecule has 1 heterocycles. The Kier molecular flexibility index (Phi) is 6.01. The van der Waals surface area contributed by atoms with Crippen molar-refractivity contribution >= 4 is 5.97 Å². The SMILES string of the molecule is Cc1cc(Oc2cccc(-c3c(C)cccc3C(=O)O)n2)cc(-c2cccc(CN)c2)c1. The first-order chi connectivity index (χ1) is 15.4. The third-order valence-corrected chi connectivity index (χ3v) is 5.25. The van der Waals surface area contributed by atoms with Crippen LogP contribution in [0.2, 0.25) is 0 Å². The lowest BCUT2D eigenvalue weighted by Gasteiger charge is -2.12. The van der Waals surface area contributed by atoms with Gasteiger partial charge in [0.1, 0.15) is 5.75 Å². The van der Waals surface area contributed by atoms with Gasteiger partial charge in [0, 0.05) is 18.2 Å². The van der Waals surface area contributed by atoms with Crippen molar-refractivity contribution in [1.29, 1.82) is 0 Å². The van der Waals surface area contributed by atoms with Gasteiger partial charge < -0.3 is 15.6 Å². The van der Waals surface area contributed by atoms with Crippen molar-refractivity contribution < 1.29 is 14.6 Å². The fraction of sp³-hybridized carbons (Fsp3) is 0.111. The fourth-order valence-corrected chi connectivity index (χ4v) is 3.77. The fourth-order valence-electron chi connectivity index (χ4n) is 3.77. The number of carbonyl (C=O) groups is 1. The Morgan fingerprint density at radius 1 is 0.938 bits per heavy atom. The van der Waals surface area contributed by atoms with Gasteiger partial charge in [-0.1, -0.05) is 42.5 Å². The van der Waals surface area contributed by atoms with Crippen molar-refractivity contribution in [2.24, 2.45) is 5.73 Å². The molecule has 0 aliphatic heterocycles. The molecule has 0 amide bonds. The second kappa shape index (κ2) is 9.04. The Bertz CT molecular complexity index is 1300. The molecule has 0 unspecified atom stereocenters. The summed E-state index contributed by atoms with van der Waals surface area (Å²) in [6, 6.07) is 24.7. The number of benzene rings is 3. The van der Waals surface area contributed by atoms with Gasteiger partial charge in [-0.05, 0) is 72.0 Å². The molecule has 32 heavy (non-hydrogen) atoms. The first-order valence-electron chi connectivity index (χ1n) is 10.3. The maximum Gasteiger partial charge on any atom is 0.336 e. The van der Waals surface area contributed by atoms with E-state index in [0.717, 1.165) is 27.8 Å². The molecule has 4 aromatic rings. The predicted octanol–water partition coefficient (Wildman–Crippen LogP) is 5.98. The number of carboxylic acids is 1. The number of nitrogens with zero attached hydrogens (tertiary/aromatic N) is 1. The van der Waals surface area contributed by atoms with Crippen LogP contribution in [-0.2, 0) is 6.54 Å². The Morgan fingerprint density at radius 3 is 2.50 bits per heavy atom. The van der Waals surface area contributed by atoms with Gasteiger partial charge in [0.2, 0.25) is 5.88 Å². The van der Waals surface area contributed by atoms with Crippen LogP contribution in [0, 0.1) is 13.8 Å². The summed E-state index contributed by atoms with van der Waals surface area (Å²) in [5, 5.41) is 9.60. The summed E-state index contributed by atoms with van der Waals surface area (Å²) in [4.78, 5) is 16.3. The van der Waals surface area contributed by atoms with E-state index in [0.29, 0.717) is 29.4 Å². The second-order valence-electron chi connectivity index (χ2n) is 7.70. The normalized spacial score (nSPS) is 10.7. The Labute approximate surface area is 187 Å². The summed E-state index contributed by atoms with van der Waals surface area (Å²) in [5.41, 5.74) is 12.2. The van der Waals surface area contributed by atoms with E-state index in [1.165, 1.54) is 0 Å². The summed E-state index contributed by atoms with van der Waals surface area (Å²) in [6.45, 7) is 4.37. The zero-order valence-corrected chi connectivity index (χ0v) is 18.0. The number of aryl methyl sites for hydroxylation is 2. The molecule has 0 atom stereocenters. The summed E-state index contributed by atoms with van der Waals surface area (Å²) in [5.74, 6) is 0.0697. The average molecular weight is 425 g/mol. The van der Waals surface area contributed by atoms with E-state index in [1.54, 1.807) is 24.3 Å². The van der Waals surface area contributed by atoms with Crippen LogP contribution in [-0.4, -0.2) is 16.1 Å². The third kappa shape index (κ3) is 4.53. The van der Waals surface area contributed by atoms with Gasteiger partial charge in [-0.25, -0.2) is 9.78 Å². The molecule has 160 valence electrons. The summed E-state index contributed by atoms with van der Waals surface area (Å²) in [6.07, 6.45) is 0. The first kappa shape index (κ1) is 21.3. The van der Waals surface area contributed by atoms with E-state index >= 15 is 0 Å². The summed E-state index contributed by atoms with van der Waals surface area (Å²) >= 11 is 0. The molecule has 0 fully saturated rings. The van der Waals surface area contributed by atoms with Crippen molar-refractivity contribution in [2.45, 2.75) is 20.4 Å². The van der Waals surface area contributed by atoms with Crippen molar-refractivity contribution in [1.82, 2.24) is 4.98 Å². The molecule has 0 aliphatic rings. The average Bonchev–Trinajstić information content (AvgIpc) is 2.78. The van der Waals surface area contributed by atoms with E-state index < -0.39 is 5.97 Å². The van der Waals surface area contributed by atoms with E-state index in [-0.39, 0.29) is 5.56 Å². The van der Waals surface area contributed by atoms with Crippen molar-refractivity contribution in [3.05, 3.63) is 101 Å². The second-order valence-corrected chi connectivity index (χ2v) is 7.70. The standard InChI is InChI=1S/C27H24N2O3/c1-17-12-21(20-8-4-7-19(14-20)16-28)15-22(13-17)32-25-11-5-10-24(29-25)26-18(2)6-3-9-23(26)27(30)31/h3-15H,16,28H2,1-2H3,(H,30,31). The Morgan fingerprint density at radius 2 is 1.72 bits per heavy atom. The minimum Gasteiger partial charge on any atom is -0.478 e. The van der Waals surface area contributed by atoms with Crippen LogP contribution in [0.1, 0.15) is 27.0 Å². The number of aromatic nitrogens is 1. The molecular formula is C27H24N2O3. The molecule has 3 aromatic carbocycles. The number of hydrogen-bond donors (Lipinski definition) is 2. The van der Waals surface area contributed by atoms with E-state index in [2.05, 4.69) is 17.1 Å². The van der Waals surface area contributed by atoms with E-state index in [1.807, 2.05) is 56.3 Å². The number of hydrogen-bond acceptors (Lipinski definition) is 4. The predicted molar refractivity (Wildman–Crippen MR) is 126 cm³/mol. The van der Waals surface area contributed by atoms with Gasteiger partial charge in [0.25, 0.3) is 0 Å². The molecule has 0 saturated carbocycles. The van der Waals surface area contributed by atoms with Crippen molar-refractivity contribution in [3.63, 3.8) is 0 Å². The molecule has 0 bridgehead atoms. The smallest absolute Gasteiger partial charge is 0.336 e. The van der Waals surface area contributed by atoms with Crippen molar-refractivity contribution in [3.8, 4) is 34.0 Å². The Hall–Kier alpha value is -3.96. The molecule has 5 nitrogen and oxygen atoms in total. The quantitative estimate of drug-likeness (QED) is 0.398. The maximum absolute atomic E-state index is 11.7. The van der Waals surface area contributed by atoms with Gasteiger partial charge >= 0.3 is 5.97 Å². The molecule has 0 spiro atoms. The van der Waals surface area contributed by atoms with Crippen LogP contribution in [0.4, 0.5) is 0 Å². The van der Waals surface area contributed by atoms with Gasteiger partial charge in [-0.2, -0.15) is 0 Å². The number of rotatable bonds is 6. The zero-order valence-electron chi connectivity index (χ0n) is 18.0. The molecule has 1 aromatic heterocycles. The van der Waals surface area contributed by atoms with Crippen LogP contribution < -0.4 is 10.5 Å². The monoisotopic (exact) mass is 424 g/mol. The largest absolute Gasteiger partial charge is 0.478 e. The van der Waals surface area contributed by atoms with Crippen LogP contribution >= 0.6 is 0 Å². The highest BCUT2D eigenvalue weighted by molar-refractivity contribution is 5.96. The number of pyridine rings is 1. The molecule has 0 aliphatic carbocycles. The molecule has 5 heteroatoms. The Balaban J connectivity index is 1.70. The lowest BCUT2D eigenvalue weighted by atomic mass is 9.98.